The molecule has 6 nitrogen and oxygen atoms in total. The minimum absolute atomic E-state index is 0.153. The summed E-state index contributed by atoms with van der Waals surface area (Å²) in [5.41, 5.74) is 2.79. The SMILES string of the molecule is O=C(NN=Cc1ccc(O)c(O)c1)c1ccco1. The van der Waals surface area contributed by atoms with Crippen LogP contribution in [0.25, 0.3) is 0 Å². The average molecular weight is 246 g/mol. The van der Waals surface area contributed by atoms with Crippen molar-refractivity contribution in [1.29, 1.82) is 0 Å². The van der Waals surface area contributed by atoms with Gasteiger partial charge in [0.15, 0.2) is 17.3 Å². The number of aromatic hydroxyl groups is 2. The number of phenolic OH excluding ortho intramolecular Hbond substituents is 2. The second kappa shape index (κ2) is 5.05. The van der Waals surface area contributed by atoms with E-state index in [-0.39, 0.29) is 17.3 Å². The molecule has 0 atom stereocenters. The van der Waals surface area contributed by atoms with Crippen LogP contribution < -0.4 is 5.43 Å². The van der Waals surface area contributed by atoms with E-state index >= 15 is 0 Å². The van der Waals surface area contributed by atoms with E-state index in [4.69, 9.17) is 9.52 Å². The molecule has 1 aromatic heterocycles. The van der Waals surface area contributed by atoms with Gasteiger partial charge in [-0.1, -0.05) is 0 Å². The minimum atomic E-state index is -0.473. The first kappa shape index (κ1) is 11.7. The van der Waals surface area contributed by atoms with Crippen molar-refractivity contribution in [3.8, 4) is 11.5 Å². The Bertz CT molecular complexity index is 576. The minimum Gasteiger partial charge on any atom is -0.504 e. The van der Waals surface area contributed by atoms with E-state index in [2.05, 4.69) is 10.5 Å². The standard InChI is InChI=1S/C12H10N2O4/c15-9-4-3-8(6-10(9)16)7-13-14-12(17)11-2-1-5-18-11/h1-7,15-16H,(H,14,17). The summed E-state index contributed by atoms with van der Waals surface area (Å²) in [6, 6.07) is 7.29. The van der Waals surface area contributed by atoms with Crippen LogP contribution in [0, 0.1) is 0 Å². The molecule has 1 amide bonds. The zero-order valence-electron chi connectivity index (χ0n) is 9.20. The smallest absolute Gasteiger partial charge is 0.307 e. The number of hydrogen-bond donors (Lipinski definition) is 3. The molecule has 0 aliphatic heterocycles. The van der Waals surface area contributed by atoms with E-state index in [0.29, 0.717) is 5.56 Å². The van der Waals surface area contributed by atoms with E-state index < -0.39 is 5.91 Å². The van der Waals surface area contributed by atoms with E-state index in [0.717, 1.165) is 0 Å². The van der Waals surface area contributed by atoms with Crippen LogP contribution in [0.4, 0.5) is 0 Å². The van der Waals surface area contributed by atoms with Gasteiger partial charge in [0.1, 0.15) is 0 Å². The Kier molecular flexibility index (Phi) is 3.29. The number of rotatable bonds is 3. The molecule has 0 aliphatic rings. The van der Waals surface area contributed by atoms with Gasteiger partial charge in [0.2, 0.25) is 0 Å². The quantitative estimate of drug-likeness (QED) is 0.434. The van der Waals surface area contributed by atoms with Gasteiger partial charge in [-0.05, 0) is 35.9 Å². The van der Waals surface area contributed by atoms with Crippen molar-refractivity contribution in [2.45, 2.75) is 0 Å². The number of nitrogens with zero attached hydrogens (tertiary/aromatic N) is 1. The number of phenols is 2. The number of nitrogens with one attached hydrogen (secondary N) is 1. The molecule has 0 bridgehead atoms. The molecule has 0 aliphatic carbocycles. The Morgan fingerprint density at radius 1 is 1.28 bits per heavy atom. The normalized spacial score (nSPS) is 10.7. The van der Waals surface area contributed by atoms with Gasteiger partial charge in [0, 0.05) is 0 Å². The molecule has 18 heavy (non-hydrogen) atoms. The number of carbonyl (C=O) groups is 1. The fourth-order valence-electron chi connectivity index (χ4n) is 1.25. The monoisotopic (exact) mass is 246 g/mol. The summed E-state index contributed by atoms with van der Waals surface area (Å²) in [7, 11) is 0. The number of hydrogen-bond acceptors (Lipinski definition) is 5. The molecule has 2 rings (SSSR count). The van der Waals surface area contributed by atoms with Crippen molar-refractivity contribution < 1.29 is 19.4 Å². The maximum absolute atomic E-state index is 11.4. The van der Waals surface area contributed by atoms with Gasteiger partial charge < -0.3 is 14.6 Å². The number of benzene rings is 1. The first-order valence-electron chi connectivity index (χ1n) is 5.06. The molecule has 0 spiro atoms. The Morgan fingerprint density at radius 3 is 2.78 bits per heavy atom. The van der Waals surface area contributed by atoms with Crippen LogP contribution in [0.2, 0.25) is 0 Å². The largest absolute Gasteiger partial charge is 0.504 e. The third-order valence-corrected chi connectivity index (χ3v) is 2.12. The van der Waals surface area contributed by atoms with Gasteiger partial charge in [-0.25, -0.2) is 5.43 Å². The average Bonchev–Trinajstić information content (AvgIpc) is 2.87. The van der Waals surface area contributed by atoms with Gasteiger partial charge in [0.25, 0.3) is 0 Å². The molecular weight excluding hydrogens is 236 g/mol. The van der Waals surface area contributed by atoms with Crippen molar-refractivity contribution in [2.24, 2.45) is 5.10 Å². The van der Waals surface area contributed by atoms with Crippen LogP contribution in [0.1, 0.15) is 16.1 Å². The van der Waals surface area contributed by atoms with E-state index in [1.807, 2.05) is 0 Å². The van der Waals surface area contributed by atoms with E-state index in [1.54, 1.807) is 6.07 Å². The summed E-state index contributed by atoms with van der Waals surface area (Å²) in [5.74, 6) is -0.789. The van der Waals surface area contributed by atoms with Gasteiger partial charge in [-0.15, -0.1) is 0 Å². The Balaban J connectivity index is 1.99. The van der Waals surface area contributed by atoms with Gasteiger partial charge in [0.05, 0.1) is 12.5 Å². The maximum Gasteiger partial charge on any atom is 0.307 e. The lowest BCUT2D eigenvalue weighted by Gasteiger charge is -1.98. The molecule has 2 aromatic rings. The first-order valence-corrected chi connectivity index (χ1v) is 5.06. The third kappa shape index (κ3) is 2.67. The molecule has 0 radical (unpaired) electrons. The van der Waals surface area contributed by atoms with E-state index in [1.165, 1.54) is 36.7 Å². The maximum atomic E-state index is 11.4. The van der Waals surface area contributed by atoms with Crippen molar-refractivity contribution >= 4 is 12.1 Å². The van der Waals surface area contributed by atoms with Crippen LogP contribution in [0.5, 0.6) is 11.5 Å². The topological polar surface area (TPSA) is 95.1 Å². The Hall–Kier alpha value is -2.76. The summed E-state index contributed by atoms with van der Waals surface area (Å²) in [5, 5.41) is 22.0. The van der Waals surface area contributed by atoms with Gasteiger partial charge in [-0.2, -0.15) is 5.10 Å². The van der Waals surface area contributed by atoms with Gasteiger partial charge in [-0.3, -0.25) is 4.79 Å². The van der Waals surface area contributed by atoms with Crippen LogP contribution in [0.3, 0.4) is 0 Å². The molecule has 1 heterocycles. The number of carbonyl (C=O) groups excluding carboxylic acids is 1. The zero-order chi connectivity index (χ0) is 13.0. The third-order valence-electron chi connectivity index (χ3n) is 2.12. The second-order valence-electron chi connectivity index (χ2n) is 3.42. The lowest BCUT2D eigenvalue weighted by atomic mass is 10.2. The van der Waals surface area contributed by atoms with Crippen LogP contribution in [-0.4, -0.2) is 22.3 Å². The Morgan fingerprint density at radius 2 is 2.11 bits per heavy atom. The first-order chi connectivity index (χ1) is 8.66. The fraction of sp³-hybridized carbons (Fsp3) is 0. The molecule has 0 saturated carbocycles. The molecular formula is C12H10N2O4. The molecule has 0 saturated heterocycles. The zero-order valence-corrected chi connectivity index (χ0v) is 9.20. The highest BCUT2D eigenvalue weighted by Gasteiger charge is 2.05. The summed E-state index contributed by atoms with van der Waals surface area (Å²) >= 11 is 0. The summed E-state index contributed by atoms with van der Waals surface area (Å²) < 4.78 is 4.87. The molecule has 3 N–H and O–H groups in total. The van der Waals surface area contributed by atoms with Crippen molar-refractivity contribution in [2.75, 3.05) is 0 Å². The summed E-state index contributed by atoms with van der Waals surface area (Å²) in [6.07, 6.45) is 2.72. The predicted molar refractivity (Wildman–Crippen MR) is 63.5 cm³/mol. The Labute approximate surface area is 102 Å². The van der Waals surface area contributed by atoms with Gasteiger partial charge >= 0.3 is 5.91 Å². The van der Waals surface area contributed by atoms with Crippen LogP contribution in [0.15, 0.2) is 46.1 Å². The molecule has 0 fully saturated rings. The van der Waals surface area contributed by atoms with Crippen LogP contribution in [-0.2, 0) is 0 Å². The highest BCUT2D eigenvalue weighted by atomic mass is 16.3. The predicted octanol–water partition coefficient (Wildman–Crippen LogP) is 1.45. The van der Waals surface area contributed by atoms with Crippen LogP contribution >= 0.6 is 0 Å². The van der Waals surface area contributed by atoms with Crippen molar-refractivity contribution in [3.05, 3.63) is 47.9 Å². The number of amides is 1. The van der Waals surface area contributed by atoms with E-state index in [9.17, 15) is 9.90 Å². The highest BCUT2D eigenvalue weighted by Crippen LogP contribution is 2.23. The molecule has 1 aromatic carbocycles. The highest BCUT2D eigenvalue weighted by molar-refractivity contribution is 5.92. The fourth-order valence-corrected chi connectivity index (χ4v) is 1.25. The summed E-state index contributed by atoms with van der Waals surface area (Å²) in [4.78, 5) is 11.4. The molecule has 0 unspecified atom stereocenters. The molecule has 6 heteroatoms. The van der Waals surface area contributed by atoms with Crippen molar-refractivity contribution in [1.82, 2.24) is 5.43 Å². The molecule has 92 valence electrons. The second-order valence-corrected chi connectivity index (χ2v) is 3.42. The number of hydrazone groups is 1. The number of furan rings is 1. The lowest BCUT2D eigenvalue weighted by Crippen LogP contribution is -2.16. The summed E-state index contributed by atoms with van der Waals surface area (Å²) in [6.45, 7) is 0. The lowest BCUT2D eigenvalue weighted by molar-refractivity contribution is 0.0927. The van der Waals surface area contributed by atoms with Crippen molar-refractivity contribution in [3.63, 3.8) is 0 Å².